The highest BCUT2D eigenvalue weighted by atomic mass is 79.9. The first kappa shape index (κ1) is 12.0. The van der Waals surface area contributed by atoms with E-state index in [0.29, 0.717) is 19.0 Å². The van der Waals surface area contributed by atoms with Gasteiger partial charge in [0.05, 0.1) is 18.7 Å². The van der Waals surface area contributed by atoms with Gasteiger partial charge in [0.15, 0.2) is 0 Å². The first-order chi connectivity index (χ1) is 8.49. The fraction of sp³-hybridized carbons (Fsp3) is 0.462. The van der Waals surface area contributed by atoms with Crippen molar-refractivity contribution in [3.8, 4) is 5.75 Å². The molecule has 96 valence electrons. The number of phenols is 1. The van der Waals surface area contributed by atoms with Crippen molar-refractivity contribution in [2.45, 2.75) is 18.4 Å². The van der Waals surface area contributed by atoms with Crippen LogP contribution in [-0.4, -0.2) is 39.7 Å². The third-order valence-corrected chi connectivity index (χ3v) is 4.24. The Morgan fingerprint density at radius 2 is 2.06 bits per heavy atom. The molecule has 2 fully saturated rings. The van der Waals surface area contributed by atoms with E-state index in [1.165, 1.54) is 6.07 Å². The number of hydrogen-bond acceptors (Lipinski definition) is 3. The van der Waals surface area contributed by atoms with Crippen LogP contribution in [0.4, 0.5) is 0 Å². The number of rotatable bonds is 2. The smallest absolute Gasteiger partial charge is 0.257 e. The summed E-state index contributed by atoms with van der Waals surface area (Å²) in [5.41, 5.74) is -0.392. The van der Waals surface area contributed by atoms with E-state index in [9.17, 15) is 15.0 Å². The molecule has 1 aliphatic heterocycles. The lowest BCUT2D eigenvalue weighted by Crippen LogP contribution is -2.64. The number of aliphatic hydroxyl groups is 1. The van der Waals surface area contributed by atoms with Crippen LogP contribution in [0.25, 0.3) is 0 Å². The van der Waals surface area contributed by atoms with Gasteiger partial charge < -0.3 is 15.1 Å². The molecule has 1 saturated carbocycles. The number of phenolic OH excluding ortho intramolecular Hbond substituents is 1. The Morgan fingerprint density at radius 1 is 1.39 bits per heavy atom. The molecule has 5 heteroatoms. The minimum Gasteiger partial charge on any atom is -0.507 e. The zero-order valence-electron chi connectivity index (χ0n) is 9.77. The van der Waals surface area contributed by atoms with Crippen molar-refractivity contribution < 1.29 is 15.0 Å². The Bertz CT molecular complexity index is 507. The van der Waals surface area contributed by atoms with Crippen LogP contribution in [-0.2, 0) is 0 Å². The largest absolute Gasteiger partial charge is 0.507 e. The van der Waals surface area contributed by atoms with Gasteiger partial charge in [0.1, 0.15) is 11.4 Å². The SMILES string of the molecule is O=C(c1ccc(Br)cc1O)N1CC(O)(C2CC2)C1. The van der Waals surface area contributed by atoms with E-state index < -0.39 is 5.60 Å². The van der Waals surface area contributed by atoms with Gasteiger partial charge in [0.25, 0.3) is 5.91 Å². The van der Waals surface area contributed by atoms with Crippen molar-refractivity contribution in [1.82, 2.24) is 4.90 Å². The molecule has 1 amide bonds. The molecule has 0 radical (unpaired) electrons. The zero-order chi connectivity index (χ0) is 12.9. The Hall–Kier alpha value is -1.07. The third kappa shape index (κ3) is 1.91. The normalized spacial score (nSPS) is 21.6. The van der Waals surface area contributed by atoms with E-state index in [0.717, 1.165) is 17.3 Å². The second-order valence-corrected chi connectivity index (χ2v) is 6.12. The summed E-state index contributed by atoms with van der Waals surface area (Å²) in [5, 5.41) is 19.9. The second kappa shape index (κ2) is 3.96. The van der Waals surface area contributed by atoms with Gasteiger partial charge in [-0.1, -0.05) is 15.9 Å². The summed E-state index contributed by atoms with van der Waals surface area (Å²) >= 11 is 3.23. The van der Waals surface area contributed by atoms with Crippen LogP contribution in [0.15, 0.2) is 22.7 Å². The van der Waals surface area contributed by atoms with E-state index in [1.54, 1.807) is 17.0 Å². The molecule has 3 rings (SSSR count). The van der Waals surface area contributed by atoms with Crippen LogP contribution in [0.5, 0.6) is 5.75 Å². The van der Waals surface area contributed by atoms with Crippen molar-refractivity contribution in [3.63, 3.8) is 0 Å². The van der Waals surface area contributed by atoms with E-state index >= 15 is 0 Å². The molecule has 0 atom stereocenters. The molecule has 18 heavy (non-hydrogen) atoms. The summed E-state index contributed by atoms with van der Waals surface area (Å²) in [5.74, 6) is 0.113. The van der Waals surface area contributed by atoms with Crippen molar-refractivity contribution in [2.24, 2.45) is 5.92 Å². The molecule has 0 spiro atoms. The third-order valence-electron chi connectivity index (χ3n) is 3.74. The molecule has 0 unspecified atom stereocenters. The number of carbonyl (C=O) groups excluding carboxylic acids is 1. The number of nitrogens with zero attached hydrogens (tertiary/aromatic N) is 1. The molecule has 1 aromatic carbocycles. The molecule has 2 N–H and O–H groups in total. The molecular weight excluding hydrogens is 298 g/mol. The van der Waals surface area contributed by atoms with Crippen LogP contribution in [0, 0.1) is 5.92 Å². The number of likely N-dealkylation sites (tertiary alicyclic amines) is 1. The number of halogens is 1. The predicted octanol–water partition coefficient (Wildman–Crippen LogP) is 1.75. The minimum atomic E-state index is -0.680. The summed E-state index contributed by atoms with van der Waals surface area (Å²) in [7, 11) is 0. The first-order valence-electron chi connectivity index (χ1n) is 6.00. The predicted molar refractivity (Wildman–Crippen MR) is 69.4 cm³/mol. The molecule has 1 aromatic rings. The lowest BCUT2D eigenvalue weighted by Gasteiger charge is -2.47. The van der Waals surface area contributed by atoms with Crippen LogP contribution in [0.2, 0.25) is 0 Å². The average Bonchev–Trinajstić information content (AvgIpc) is 3.08. The van der Waals surface area contributed by atoms with Gasteiger partial charge >= 0.3 is 0 Å². The molecule has 1 aliphatic carbocycles. The fourth-order valence-electron chi connectivity index (χ4n) is 2.49. The maximum absolute atomic E-state index is 12.1. The summed E-state index contributed by atoms with van der Waals surface area (Å²) in [4.78, 5) is 13.7. The minimum absolute atomic E-state index is 0.0313. The van der Waals surface area contributed by atoms with Crippen LogP contribution >= 0.6 is 15.9 Å². The number of amides is 1. The van der Waals surface area contributed by atoms with Crippen LogP contribution in [0.1, 0.15) is 23.2 Å². The summed E-state index contributed by atoms with van der Waals surface area (Å²) in [6.07, 6.45) is 2.12. The van der Waals surface area contributed by atoms with Gasteiger partial charge in [-0.2, -0.15) is 0 Å². The standard InChI is InChI=1S/C13H14BrNO3/c14-9-3-4-10(11(16)5-9)12(17)15-6-13(18,7-15)8-1-2-8/h3-5,8,16,18H,1-2,6-7H2. The van der Waals surface area contributed by atoms with Crippen LogP contribution < -0.4 is 0 Å². The number of hydrogen-bond donors (Lipinski definition) is 2. The highest BCUT2D eigenvalue weighted by Gasteiger charge is 2.53. The molecule has 0 bridgehead atoms. The Labute approximate surface area is 113 Å². The lowest BCUT2D eigenvalue weighted by molar-refractivity contribution is -0.0958. The number of aromatic hydroxyl groups is 1. The maximum atomic E-state index is 12.1. The van der Waals surface area contributed by atoms with Crippen molar-refractivity contribution in [2.75, 3.05) is 13.1 Å². The van der Waals surface area contributed by atoms with Crippen molar-refractivity contribution in [1.29, 1.82) is 0 Å². The van der Waals surface area contributed by atoms with E-state index in [4.69, 9.17) is 0 Å². The molecule has 0 aromatic heterocycles. The highest BCUT2D eigenvalue weighted by molar-refractivity contribution is 9.10. The second-order valence-electron chi connectivity index (χ2n) is 5.20. The van der Waals surface area contributed by atoms with Gasteiger partial charge in [0.2, 0.25) is 0 Å². The van der Waals surface area contributed by atoms with Gasteiger partial charge in [-0.3, -0.25) is 4.79 Å². The molecule has 4 nitrogen and oxygen atoms in total. The zero-order valence-corrected chi connectivity index (χ0v) is 11.4. The molecule has 1 saturated heterocycles. The molecular formula is C13H14BrNO3. The summed E-state index contributed by atoms with van der Waals surface area (Å²) in [6, 6.07) is 4.82. The van der Waals surface area contributed by atoms with E-state index in [-0.39, 0.29) is 17.2 Å². The van der Waals surface area contributed by atoms with Gasteiger partial charge in [-0.15, -0.1) is 0 Å². The first-order valence-corrected chi connectivity index (χ1v) is 6.79. The maximum Gasteiger partial charge on any atom is 0.257 e. The van der Waals surface area contributed by atoms with E-state index in [1.807, 2.05) is 0 Å². The number of β-amino-alcohol motifs (C(OH)–C–C–N with tert-alkyl or cyclic N) is 1. The fourth-order valence-corrected chi connectivity index (χ4v) is 2.84. The summed E-state index contributed by atoms with van der Waals surface area (Å²) < 4.78 is 0.731. The number of benzene rings is 1. The Morgan fingerprint density at radius 3 is 2.61 bits per heavy atom. The Kier molecular flexibility index (Phi) is 2.64. The average molecular weight is 312 g/mol. The molecule has 2 aliphatic rings. The monoisotopic (exact) mass is 311 g/mol. The Balaban J connectivity index is 1.72. The topological polar surface area (TPSA) is 60.8 Å². The quantitative estimate of drug-likeness (QED) is 0.875. The van der Waals surface area contributed by atoms with Crippen LogP contribution in [0.3, 0.4) is 0 Å². The van der Waals surface area contributed by atoms with Gasteiger partial charge in [-0.05, 0) is 37.0 Å². The molecule has 1 heterocycles. The van der Waals surface area contributed by atoms with Crippen molar-refractivity contribution >= 4 is 21.8 Å². The summed E-state index contributed by atoms with van der Waals surface area (Å²) in [6.45, 7) is 0.762. The highest BCUT2D eigenvalue weighted by Crippen LogP contribution is 2.45. The van der Waals surface area contributed by atoms with Gasteiger partial charge in [-0.25, -0.2) is 0 Å². The lowest BCUT2D eigenvalue weighted by atomic mass is 9.88. The number of carbonyl (C=O) groups is 1. The van der Waals surface area contributed by atoms with Gasteiger partial charge in [0, 0.05) is 4.47 Å². The van der Waals surface area contributed by atoms with E-state index in [2.05, 4.69) is 15.9 Å². The van der Waals surface area contributed by atoms with Crippen molar-refractivity contribution in [3.05, 3.63) is 28.2 Å².